The summed E-state index contributed by atoms with van der Waals surface area (Å²) in [6.45, 7) is 7.25. The molecule has 7 heteroatoms. The van der Waals surface area contributed by atoms with Crippen LogP contribution in [0.3, 0.4) is 0 Å². The summed E-state index contributed by atoms with van der Waals surface area (Å²) in [4.78, 5) is 25.6. The van der Waals surface area contributed by atoms with E-state index in [1.54, 1.807) is 0 Å². The number of hydrogen-bond acceptors (Lipinski definition) is 4. The average molecular weight is 541 g/mol. The fourth-order valence-corrected chi connectivity index (χ4v) is 5.54. The van der Waals surface area contributed by atoms with Gasteiger partial charge in [-0.3, -0.25) is 9.59 Å². The first-order valence-electron chi connectivity index (χ1n) is 13.6. The third-order valence-electron chi connectivity index (χ3n) is 7.24. The molecular weight excluding hydrogens is 500 g/mol. The second-order valence-electron chi connectivity index (χ2n) is 10.2. The zero-order valence-electron chi connectivity index (χ0n) is 22.9. The van der Waals surface area contributed by atoms with E-state index in [1.165, 1.54) is 16.7 Å². The minimum absolute atomic E-state index is 0.0601. The van der Waals surface area contributed by atoms with Crippen molar-refractivity contribution < 1.29 is 19.4 Å². The van der Waals surface area contributed by atoms with Gasteiger partial charge < -0.3 is 19.6 Å². The summed E-state index contributed by atoms with van der Waals surface area (Å²) >= 11 is 6.36. The lowest BCUT2D eigenvalue weighted by Gasteiger charge is -2.28. The topological polar surface area (TPSA) is 70.1 Å². The second kappa shape index (κ2) is 14.8. The van der Waals surface area contributed by atoms with Crippen molar-refractivity contribution in [2.24, 2.45) is 5.92 Å². The van der Waals surface area contributed by atoms with Crippen LogP contribution in [0.25, 0.3) is 0 Å². The molecule has 2 heterocycles. The molecule has 38 heavy (non-hydrogen) atoms. The Kier molecular flexibility index (Phi) is 11.5. The Morgan fingerprint density at radius 3 is 2.71 bits per heavy atom. The predicted octanol–water partition coefficient (Wildman–Crippen LogP) is 6.35. The molecule has 206 valence electrons. The Labute approximate surface area is 232 Å². The molecule has 0 fully saturated rings. The van der Waals surface area contributed by atoms with Crippen molar-refractivity contribution in [1.29, 1.82) is 0 Å². The van der Waals surface area contributed by atoms with E-state index in [0.29, 0.717) is 13.2 Å². The lowest BCUT2D eigenvalue weighted by molar-refractivity contribution is -0.133. The highest BCUT2D eigenvalue weighted by Crippen LogP contribution is 2.37. The Morgan fingerprint density at radius 1 is 1.16 bits per heavy atom. The Morgan fingerprint density at radius 2 is 1.95 bits per heavy atom. The van der Waals surface area contributed by atoms with Crippen LogP contribution in [0.5, 0.6) is 5.75 Å². The highest BCUT2D eigenvalue weighted by molar-refractivity contribution is 6.30. The number of rotatable bonds is 3. The Balaban J connectivity index is 0.00000127. The summed E-state index contributed by atoms with van der Waals surface area (Å²) in [6.07, 6.45) is 10.5. The molecule has 2 aliphatic heterocycles. The summed E-state index contributed by atoms with van der Waals surface area (Å²) in [5.74, 6) is 1.36. The van der Waals surface area contributed by atoms with Crippen LogP contribution in [0.4, 0.5) is 5.69 Å². The van der Waals surface area contributed by atoms with E-state index in [-0.39, 0.29) is 24.2 Å². The summed E-state index contributed by atoms with van der Waals surface area (Å²) in [6, 6.07) is 12.8. The molecule has 2 bridgehead atoms. The number of carbonyl (C=O) groups is 2. The minimum atomic E-state index is -0.250. The first-order valence-corrected chi connectivity index (χ1v) is 14.0. The lowest BCUT2D eigenvalue weighted by atomic mass is 9.92. The van der Waals surface area contributed by atoms with Gasteiger partial charge in [-0.2, -0.15) is 0 Å². The van der Waals surface area contributed by atoms with Crippen LogP contribution in [-0.4, -0.2) is 55.7 Å². The van der Waals surface area contributed by atoms with Gasteiger partial charge in [-0.15, -0.1) is 0 Å². The highest BCUT2D eigenvalue weighted by Gasteiger charge is 2.27. The van der Waals surface area contributed by atoms with Crippen LogP contribution < -0.4 is 9.64 Å². The quantitative estimate of drug-likeness (QED) is 0.362. The first-order chi connectivity index (χ1) is 18.4. The highest BCUT2D eigenvalue weighted by atomic mass is 35.5. The Hall–Kier alpha value is -2.99. The van der Waals surface area contributed by atoms with E-state index >= 15 is 0 Å². The van der Waals surface area contributed by atoms with Crippen LogP contribution in [0.15, 0.2) is 48.6 Å². The number of ether oxygens (including phenoxy) is 1. The van der Waals surface area contributed by atoms with Gasteiger partial charge in [-0.25, -0.2) is 0 Å². The van der Waals surface area contributed by atoms with Crippen molar-refractivity contribution in [3.8, 4) is 5.75 Å². The molecule has 0 saturated carbocycles. The van der Waals surface area contributed by atoms with Gasteiger partial charge >= 0.3 is 0 Å². The number of likely N-dealkylation sites (N-methyl/N-ethyl adjacent to an activating group) is 1. The van der Waals surface area contributed by atoms with Crippen LogP contribution in [0.2, 0.25) is 5.02 Å². The van der Waals surface area contributed by atoms with Gasteiger partial charge in [0, 0.05) is 43.5 Å². The molecular formula is C31H41ClN2O4. The number of carboxylic acid groups (broad SMARTS) is 1. The van der Waals surface area contributed by atoms with E-state index in [2.05, 4.69) is 54.3 Å². The fraction of sp³-hybridized carbons (Fsp3) is 0.484. The second-order valence-corrected chi connectivity index (χ2v) is 10.7. The third kappa shape index (κ3) is 8.00. The number of allylic oxidation sites excluding steroid dienone is 1. The van der Waals surface area contributed by atoms with E-state index in [1.807, 2.05) is 24.9 Å². The molecule has 0 radical (unpaired) electrons. The maximum atomic E-state index is 12.9. The first kappa shape index (κ1) is 29.6. The average Bonchev–Trinajstić information content (AvgIpc) is 3.07. The molecule has 0 saturated heterocycles. The fourth-order valence-electron chi connectivity index (χ4n) is 5.35. The van der Waals surface area contributed by atoms with E-state index < -0.39 is 0 Å². The van der Waals surface area contributed by atoms with Gasteiger partial charge in [0.25, 0.3) is 6.47 Å². The number of carbonyl (C=O) groups excluding carboxylic acids is 1. The van der Waals surface area contributed by atoms with Crippen molar-refractivity contribution in [1.82, 2.24) is 4.90 Å². The molecule has 6 nitrogen and oxygen atoms in total. The molecule has 2 aromatic rings. The SMILES string of the molecule is CCCc1cc(Cl)ccc1C1COc2ccc3cc2N(CCCC/C=C/CN(C)C(=O)C(C)C3)C1.O=CO. The molecule has 0 aliphatic carbocycles. The smallest absolute Gasteiger partial charge is 0.290 e. The molecule has 0 spiro atoms. The molecule has 2 unspecified atom stereocenters. The maximum absolute atomic E-state index is 12.9. The maximum Gasteiger partial charge on any atom is 0.290 e. The predicted molar refractivity (Wildman–Crippen MR) is 155 cm³/mol. The zero-order chi connectivity index (χ0) is 27.5. The van der Waals surface area contributed by atoms with E-state index in [0.717, 1.165) is 68.1 Å². The molecule has 1 N–H and O–H groups in total. The van der Waals surface area contributed by atoms with Crippen LogP contribution in [0, 0.1) is 5.92 Å². The molecule has 2 aliphatic rings. The van der Waals surface area contributed by atoms with Crippen molar-refractivity contribution >= 4 is 29.7 Å². The molecule has 0 aromatic heterocycles. The van der Waals surface area contributed by atoms with Gasteiger partial charge in [0.15, 0.2) is 0 Å². The number of nitrogens with zero attached hydrogens (tertiary/aromatic N) is 2. The zero-order valence-corrected chi connectivity index (χ0v) is 23.6. The summed E-state index contributed by atoms with van der Waals surface area (Å²) in [7, 11) is 1.90. The van der Waals surface area contributed by atoms with Crippen molar-refractivity contribution in [2.45, 2.75) is 58.3 Å². The number of fused-ring (bicyclic) bond motifs is 1. The van der Waals surface area contributed by atoms with Gasteiger partial charge in [0.1, 0.15) is 5.75 Å². The van der Waals surface area contributed by atoms with Crippen molar-refractivity contribution in [3.63, 3.8) is 0 Å². The van der Waals surface area contributed by atoms with Crippen LogP contribution in [-0.2, 0) is 22.4 Å². The van der Waals surface area contributed by atoms with Crippen molar-refractivity contribution in [3.05, 3.63) is 70.3 Å². The van der Waals surface area contributed by atoms with Gasteiger partial charge in [0.05, 0.1) is 12.3 Å². The van der Waals surface area contributed by atoms with E-state index in [9.17, 15) is 4.79 Å². The number of anilines is 1. The number of hydrogen-bond donors (Lipinski definition) is 1. The van der Waals surface area contributed by atoms with Gasteiger partial charge in [0.2, 0.25) is 5.91 Å². The number of amides is 1. The number of benzene rings is 2. The van der Waals surface area contributed by atoms with Crippen molar-refractivity contribution in [2.75, 3.05) is 38.2 Å². The normalized spacial score (nSPS) is 21.1. The third-order valence-corrected chi connectivity index (χ3v) is 7.48. The van der Waals surface area contributed by atoms with E-state index in [4.69, 9.17) is 26.2 Å². The molecule has 2 aromatic carbocycles. The largest absolute Gasteiger partial charge is 0.491 e. The summed E-state index contributed by atoms with van der Waals surface area (Å²) in [5.41, 5.74) is 5.04. The monoisotopic (exact) mass is 540 g/mol. The number of aryl methyl sites for hydroxylation is 1. The molecule has 2 atom stereocenters. The van der Waals surface area contributed by atoms with Crippen LogP contribution >= 0.6 is 11.6 Å². The summed E-state index contributed by atoms with van der Waals surface area (Å²) < 4.78 is 6.43. The molecule has 4 rings (SSSR count). The van der Waals surface area contributed by atoms with Gasteiger partial charge in [-0.05, 0) is 73.1 Å². The number of halogens is 1. The van der Waals surface area contributed by atoms with Gasteiger partial charge in [-0.1, -0.05) is 56.2 Å². The minimum Gasteiger partial charge on any atom is -0.491 e. The Bertz CT molecular complexity index is 1100. The van der Waals surface area contributed by atoms with Crippen LogP contribution in [0.1, 0.15) is 62.1 Å². The standard InChI is InChI=1S/C30H39ClN2O2.CH2O2/c1-4-10-24-19-26(31)12-13-27(24)25-20-33-16-9-7-5-6-8-15-32(3)30(34)22(2)17-23-11-14-29(35-21-25)28(33)18-23;2-1-3/h6,8,11-14,18-19,22,25H,4-5,7,9-10,15-17,20-21H2,1-3H3;1H,(H,2,3)/b8-6+;. The summed E-state index contributed by atoms with van der Waals surface area (Å²) in [5, 5.41) is 7.69. The molecule has 1 amide bonds. The lowest BCUT2D eigenvalue weighted by Crippen LogP contribution is -2.32.